The molecule has 0 bridgehead atoms. The highest BCUT2D eigenvalue weighted by Gasteiger charge is 2.49. The molecule has 0 fully saturated rings. The lowest BCUT2D eigenvalue weighted by Crippen LogP contribution is -2.29. The first-order chi connectivity index (χ1) is 17.3. The molecule has 8 rings (SSSR count). The molecular weight excluding hydrogens is 508 g/mol. The Labute approximate surface area is 216 Å². The highest BCUT2D eigenvalue weighted by molar-refractivity contribution is 9.10. The van der Waals surface area contributed by atoms with E-state index < -0.39 is 0 Å². The van der Waals surface area contributed by atoms with Crippen molar-refractivity contribution in [2.75, 3.05) is 0 Å². The fourth-order valence-electron chi connectivity index (χ4n) is 6.44. The maximum absolute atomic E-state index is 3.73. The van der Waals surface area contributed by atoms with Gasteiger partial charge in [-0.05, 0) is 57.1 Å². The minimum atomic E-state index is -0.369. The van der Waals surface area contributed by atoms with E-state index in [1.54, 1.807) is 0 Å². The molecule has 0 saturated carbocycles. The Balaban J connectivity index is 1.62. The highest BCUT2D eigenvalue weighted by atomic mass is 79.9. The summed E-state index contributed by atoms with van der Waals surface area (Å²) in [5.74, 6) is 0. The van der Waals surface area contributed by atoms with Crippen LogP contribution in [0.25, 0.3) is 43.5 Å². The van der Waals surface area contributed by atoms with Crippen molar-refractivity contribution in [1.82, 2.24) is 0 Å². The summed E-state index contributed by atoms with van der Waals surface area (Å²) in [6, 6.07) is 38.4. The molecule has 2 aliphatic rings. The van der Waals surface area contributed by atoms with Crippen LogP contribution in [0.2, 0.25) is 0 Å². The van der Waals surface area contributed by atoms with Crippen LogP contribution in [0.4, 0.5) is 0 Å². The summed E-state index contributed by atoms with van der Waals surface area (Å²) in [4.78, 5) is 0. The van der Waals surface area contributed by atoms with Crippen molar-refractivity contribution in [2.24, 2.45) is 0 Å². The largest absolute Gasteiger partial charge is 0.135 e. The van der Waals surface area contributed by atoms with Gasteiger partial charge in [-0.3, -0.25) is 0 Å². The number of hydrogen-bond donors (Lipinski definition) is 0. The molecule has 1 heterocycles. The first-order valence-electron chi connectivity index (χ1n) is 11.9. The Morgan fingerprint density at radius 1 is 0.571 bits per heavy atom. The van der Waals surface area contributed by atoms with Crippen molar-refractivity contribution >= 4 is 59.6 Å². The lowest BCUT2D eigenvalue weighted by Gasteiger charge is -2.35. The molecular formula is C33H19BrS. The van der Waals surface area contributed by atoms with Gasteiger partial charge in [-0.25, -0.2) is 0 Å². The average molecular weight is 527 g/mol. The number of halogens is 1. The molecule has 0 saturated heterocycles. The van der Waals surface area contributed by atoms with Crippen LogP contribution in [0.15, 0.2) is 108 Å². The smallest absolute Gasteiger partial charge is 0.0725 e. The zero-order chi connectivity index (χ0) is 23.1. The monoisotopic (exact) mass is 526 g/mol. The minimum absolute atomic E-state index is 0.369. The summed E-state index contributed by atoms with van der Waals surface area (Å²) in [7, 11) is 0. The van der Waals surface area contributed by atoms with E-state index in [1.165, 1.54) is 64.7 Å². The summed E-state index contributed by atoms with van der Waals surface area (Å²) < 4.78 is 3.84. The van der Waals surface area contributed by atoms with E-state index in [2.05, 4.69) is 131 Å². The molecule has 0 nitrogen and oxygen atoms in total. The molecule has 0 aliphatic heterocycles. The molecule has 35 heavy (non-hydrogen) atoms. The third kappa shape index (κ3) is 2.46. The van der Waals surface area contributed by atoms with Gasteiger partial charge in [0.1, 0.15) is 0 Å². The second kappa shape index (κ2) is 7.04. The standard InChI is InChI=1S/C33H19BrS/c34-22-15-17-27-21(19-22)14-13-20-7-1-4-10-26(20)33(27)28-11-5-2-9-25(28)31-29(33)18-16-24-23-8-3-6-12-30(23)35-32(24)31/h1-19H. The summed E-state index contributed by atoms with van der Waals surface area (Å²) in [5.41, 5.74) is 10.4. The van der Waals surface area contributed by atoms with Gasteiger partial charge in [0.2, 0.25) is 0 Å². The molecule has 0 N–H and O–H groups in total. The zero-order valence-corrected chi connectivity index (χ0v) is 21.2. The normalized spacial score (nSPS) is 17.3. The summed E-state index contributed by atoms with van der Waals surface area (Å²) in [6.07, 6.45) is 4.57. The van der Waals surface area contributed by atoms with Crippen LogP contribution in [0.1, 0.15) is 33.4 Å². The molecule has 2 aliphatic carbocycles. The van der Waals surface area contributed by atoms with Crippen molar-refractivity contribution in [1.29, 1.82) is 0 Å². The third-order valence-electron chi connectivity index (χ3n) is 7.78. The van der Waals surface area contributed by atoms with Gasteiger partial charge >= 0.3 is 0 Å². The molecule has 1 aromatic heterocycles. The van der Waals surface area contributed by atoms with Gasteiger partial charge in [0, 0.05) is 30.2 Å². The van der Waals surface area contributed by atoms with Crippen LogP contribution in [0.3, 0.4) is 0 Å². The van der Waals surface area contributed by atoms with E-state index in [0.717, 1.165) is 4.47 Å². The Hall–Kier alpha value is -3.46. The van der Waals surface area contributed by atoms with Crippen LogP contribution < -0.4 is 0 Å². The molecule has 1 spiro atoms. The molecule has 1 unspecified atom stereocenters. The Morgan fingerprint density at radius 3 is 2.23 bits per heavy atom. The Kier molecular flexibility index (Phi) is 3.98. The second-order valence-electron chi connectivity index (χ2n) is 9.41. The predicted molar refractivity (Wildman–Crippen MR) is 153 cm³/mol. The fraction of sp³-hybridized carbons (Fsp3) is 0.0303. The summed E-state index contributed by atoms with van der Waals surface area (Å²) in [6.45, 7) is 0. The van der Waals surface area contributed by atoms with Crippen LogP contribution in [0.5, 0.6) is 0 Å². The Morgan fingerprint density at radius 2 is 1.29 bits per heavy atom. The lowest BCUT2D eigenvalue weighted by molar-refractivity contribution is 0.766. The number of benzene rings is 5. The van der Waals surface area contributed by atoms with Crippen molar-refractivity contribution < 1.29 is 0 Å². The van der Waals surface area contributed by atoms with E-state index in [1.807, 2.05) is 11.3 Å². The first kappa shape index (κ1) is 19.8. The second-order valence-corrected chi connectivity index (χ2v) is 11.4. The number of hydrogen-bond acceptors (Lipinski definition) is 1. The van der Waals surface area contributed by atoms with Crippen molar-refractivity contribution in [2.45, 2.75) is 5.41 Å². The molecule has 0 amide bonds. The summed E-state index contributed by atoms with van der Waals surface area (Å²) >= 11 is 5.66. The first-order valence-corrected chi connectivity index (χ1v) is 13.5. The van der Waals surface area contributed by atoms with E-state index in [4.69, 9.17) is 0 Å². The van der Waals surface area contributed by atoms with Gasteiger partial charge in [0.25, 0.3) is 0 Å². The maximum Gasteiger partial charge on any atom is 0.0725 e. The molecule has 1 atom stereocenters. The van der Waals surface area contributed by atoms with E-state index in [9.17, 15) is 0 Å². The van der Waals surface area contributed by atoms with Gasteiger partial charge < -0.3 is 0 Å². The van der Waals surface area contributed by atoms with E-state index in [0.29, 0.717) is 0 Å². The Bertz CT molecular complexity index is 1870. The van der Waals surface area contributed by atoms with E-state index in [-0.39, 0.29) is 5.41 Å². The van der Waals surface area contributed by atoms with Gasteiger partial charge in [0.15, 0.2) is 0 Å². The third-order valence-corrected chi connectivity index (χ3v) is 9.47. The number of thiophene rings is 1. The van der Waals surface area contributed by atoms with Crippen molar-refractivity contribution in [3.8, 4) is 11.1 Å². The number of rotatable bonds is 0. The topological polar surface area (TPSA) is 0 Å². The average Bonchev–Trinajstić information content (AvgIpc) is 3.37. The molecule has 5 aromatic carbocycles. The highest BCUT2D eigenvalue weighted by Crippen LogP contribution is 2.61. The van der Waals surface area contributed by atoms with Gasteiger partial charge in [0.05, 0.1) is 5.41 Å². The quantitative estimate of drug-likeness (QED) is 0.184. The van der Waals surface area contributed by atoms with Crippen molar-refractivity contribution in [3.05, 3.63) is 141 Å². The van der Waals surface area contributed by atoms with Crippen LogP contribution >= 0.6 is 27.3 Å². The number of fused-ring (bicyclic) bond motifs is 13. The van der Waals surface area contributed by atoms with Crippen LogP contribution in [0, 0.1) is 0 Å². The fourth-order valence-corrected chi connectivity index (χ4v) is 8.09. The molecule has 2 heteroatoms. The van der Waals surface area contributed by atoms with Gasteiger partial charge in [-0.15, -0.1) is 11.3 Å². The van der Waals surface area contributed by atoms with Crippen LogP contribution in [-0.4, -0.2) is 0 Å². The summed E-state index contributed by atoms with van der Waals surface area (Å²) in [5, 5.41) is 2.70. The molecule has 6 aromatic rings. The molecule has 0 radical (unpaired) electrons. The maximum atomic E-state index is 3.73. The zero-order valence-electron chi connectivity index (χ0n) is 18.8. The van der Waals surface area contributed by atoms with Crippen LogP contribution in [-0.2, 0) is 5.41 Å². The SMILES string of the molecule is Brc1ccc2c(c1)C=Cc1ccccc1C21c2ccccc2-c2c1ccc1c2sc2ccccc21. The van der Waals surface area contributed by atoms with E-state index >= 15 is 0 Å². The molecule has 164 valence electrons. The van der Waals surface area contributed by atoms with Gasteiger partial charge in [-0.1, -0.05) is 113 Å². The van der Waals surface area contributed by atoms with Gasteiger partial charge in [-0.2, -0.15) is 0 Å². The van der Waals surface area contributed by atoms with Crippen molar-refractivity contribution in [3.63, 3.8) is 0 Å². The minimum Gasteiger partial charge on any atom is -0.135 e. The lowest BCUT2D eigenvalue weighted by atomic mass is 9.66. The predicted octanol–water partition coefficient (Wildman–Crippen LogP) is 9.66.